The summed E-state index contributed by atoms with van der Waals surface area (Å²) < 4.78 is 11.4. The molecule has 0 bridgehead atoms. The summed E-state index contributed by atoms with van der Waals surface area (Å²) in [6, 6.07) is 51.4. The van der Waals surface area contributed by atoms with Crippen molar-refractivity contribution in [2.75, 3.05) is 0 Å². The lowest BCUT2D eigenvalue weighted by Crippen LogP contribution is -2.65. The first-order chi connectivity index (χ1) is 42.7. The number of nitrogens with zero attached hydrogens (tertiary/aromatic N) is 4. The van der Waals surface area contributed by atoms with E-state index in [0.717, 1.165) is 0 Å². The highest BCUT2D eigenvalue weighted by Gasteiger charge is 2.52. The summed E-state index contributed by atoms with van der Waals surface area (Å²) in [5.74, 6) is 0. The van der Waals surface area contributed by atoms with Gasteiger partial charge >= 0.3 is 0 Å². The van der Waals surface area contributed by atoms with Gasteiger partial charge in [-0.2, -0.15) is 0 Å². The quantitative estimate of drug-likeness (QED) is 0.135. The minimum Gasteiger partial charge on any atom is -0.308 e. The predicted octanol–water partition coefficient (Wildman–Crippen LogP) is 18.7. The first-order valence-corrected chi connectivity index (χ1v) is 34.5. The Morgan fingerprint density at radius 3 is 0.554 bits per heavy atom. The van der Waals surface area contributed by atoms with Crippen LogP contribution in [0.15, 0.2) is 121 Å². The van der Waals surface area contributed by atoms with Crippen LogP contribution < -0.4 is 32.8 Å². The standard InChI is InChI=1S/C86H92B2N4/c1-79(2,3)45-25-29-65-53(33-45)57-37-49(83(13,14)15)41-61-71(57)89(65)75-69-77(91-67-31-27-47(81(7,8)9)35-55(67)58-38-50(84(16,17)18)42-62(72(58)91)87(61)69)78-70-76(75)90-66-30-26-46(80(4,5)6)34-54(66)59-39-51(85(19,20)21)43-63(73(59)90)88(70)64-44-52(86(22,23)24)40-60-56-36-48(82(10,11)12)28-32-68(56)92(78)74(60)64/h25-44H,1-24H3. The van der Waals surface area contributed by atoms with Gasteiger partial charge in [0.25, 0.3) is 13.4 Å². The number of benzene rings is 9. The number of fused-ring (bicyclic) bond motifs is 22. The van der Waals surface area contributed by atoms with Crippen LogP contribution in [0.2, 0.25) is 0 Å². The van der Waals surface area contributed by atoms with E-state index in [1.54, 1.807) is 0 Å². The molecule has 9 aromatic carbocycles. The normalized spacial score (nSPS) is 14.9. The maximum Gasteiger partial charge on any atom is 0.252 e. The zero-order valence-corrected chi connectivity index (χ0v) is 59.5. The minimum atomic E-state index is -0.136. The van der Waals surface area contributed by atoms with E-state index in [9.17, 15) is 0 Å². The summed E-state index contributed by atoms with van der Waals surface area (Å²) >= 11 is 0. The average molecular weight is 1200 g/mol. The smallest absolute Gasteiger partial charge is 0.252 e. The van der Waals surface area contributed by atoms with Crippen molar-refractivity contribution in [1.82, 2.24) is 18.3 Å². The third kappa shape index (κ3) is 7.56. The second-order valence-corrected chi connectivity index (χ2v) is 37.2. The fraction of sp³-hybridized carbons (Fsp3) is 0.372. The maximum absolute atomic E-state index is 2.84. The van der Waals surface area contributed by atoms with E-state index in [0.29, 0.717) is 0 Å². The highest BCUT2D eigenvalue weighted by atomic mass is 15.1. The van der Waals surface area contributed by atoms with E-state index in [-0.39, 0.29) is 56.7 Å². The molecule has 0 amide bonds. The molecule has 4 aliphatic heterocycles. The van der Waals surface area contributed by atoms with Gasteiger partial charge in [-0.25, -0.2) is 0 Å². The Morgan fingerprint density at radius 1 is 0.207 bits per heavy atom. The van der Waals surface area contributed by atoms with Gasteiger partial charge in [0.2, 0.25) is 0 Å². The van der Waals surface area contributed by atoms with Gasteiger partial charge in [0.1, 0.15) is 0 Å². The van der Waals surface area contributed by atoms with E-state index < -0.39 is 0 Å². The van der Waals surface area contributed by atoms with Crippen molar-refractivity contribution in [1.29, 1.82) is 0 Å². The Kier molecular flexibility index (Phi) is 11.0. The molecule has 0 N–H and O–H groups in total. The molecule has 0 unspecified atom stereocenters. The topological polar surface area (TPSA) is 19.7 Å². The lowest BCUT2D eigenvalue weighted by atomic mass is 9.31. The molecule has 13 aromatic rings. The van der Waals surface area contributed by atoms with Crippen molar-refractivity contribution >= 4 is 133 Å². The lowest BCUT2D eigenvalue weighted by Gasteiger charge is -2.43. The highest BCUT2D eigenvalue weighted by Crippen LogP contribution is 2.51. The van der Waals surface area contributed by atoms with Crippen molar-refractivity contribution in [2.45, 2.75) is 209 Å². The largest absolute Gasteiger partial charge is 0.308 e. The second-order valence-electron chi connectivity index (χ2n) is 37.2. The molecular weight excluding hydrogens is 1110 g/mol. The van der Waals surface area contributed by atoms with Crippen LogP contribution in [0.4, 0.5) is 0 Å². The lowest BCUT2D eigenvalue weighted by molar-refractivity contribution is 0.590. The predicted molar refractivity (Wildman–Crippen MR) is 403 cm³/mol. The molecule has 0 saturated heterocycles. The van der Waals surface area contributed by atoms with Crippen LogP contribution in [0, 0.1) is 0 Å². The SMILES string of the molecule is CC(C)(C)c1ccc2c(c1)c1cc(C(C)(C)C)cc3c1n2-c1c2c(c4c5c1-n1c6ccc(C(C)(C)C)cc6c6cc(C(C)(C)C)cc(c61)B5c1cc(C(C)(C)C)cc5c6cc(C(C)(C)C)ccc6n-4c15)-n1c4ccc(C(C)(C)C)cc4c4cc(C(C)(C)C)cc(c41)B23. The number of rotatable bonds is 0. The zero-order valence-electron chi connectivity index (χ0n) is 59.5. The van der Waals surface area contributed by atoms with Crippen LogP contribution in [-0.4, -0.2) is 31.7 Å². The van der Waals surface area contributed by atoms with Crippen molar-refractivity contribution < 1.29 is 0 Å². The van der Waals surface area contributed by atoms with Gasteiger partial charge in [-0.15, -0.1) is 0 Å². The van der Waals surface area contributed by atoms with E-state index in [1.807, 2.05) is 0 Å². The summed E-state index contributed by atoms with van der Waals surface area (Å²) in [5, 5.41) is 10.7. The molecule has 4 nitrogen and oxygen atoms in total. The minimum absolute atomic E-state index is 0.0620. The molecule has 0 radical (unpaired) electrons. The molecule has 0 saturated carbocycles. The first-order valence-electron chi connectivity index (χ1n) is 34.5. The van der Waals surface area contributed by atoms with Gasteiger partial charge in [0.15, 0.2) is 0 Å². The highest BCUT2D eigenvalue weighted by molar-refractivity contribution is 7.03. The van der Waals surface area contributed by atoms with Crippen LogP contribution in [-0.2, 0) is 43.3 Å². The number of aromatic nitrogens is 4. The second kappa shape index (κ2) is 17.4. The first kappa shape index (κ1) is 58.2. The van der Waals surface area contributed by atoms with Crippen LogP contribution in [0.1, 0.15) is 211 Å². The Bertz CT molecular complexity index is 4900. The van der Waals surface area contributed by atoms with E-state index >= 15 is 0 Å². The van der Waals surface area contributed by atoms with E-state index in [1.165, 1.54) is 187 Å². The molecule has 92 heavy (non-hydrogen) atoms. The summed E-state index contributed by atoms with van der Waals surface area (Å²) in [7, 11) is 0. The van der Waals surface area contributed by atoms with E-state index in [4.69, 9.17) is 0 Å². The molecule has 4 aromatic heterocycles. The van der Waals surface area contributed by atoms with Crippen molar-refractivity contribution in [3.63, 3.8) is 0 Å². The maximum atomic E-state index is 2.84. The van der Waals surface area contributed by atoms with Crippen molar-refractivity contribution in [3.8, 4) is 22.7 Å². The molecule has 0 atom stereocenters. The molecule has 17 rings (SSSR count). The van der Waals surface area contributed by atoms with E-state index in [2.05, 4.69) is 306 Å². The van der Waals surface area contributed by atoms with Crippen molar-refractivity contribution in [3.05, 3.63) is 166 Å². The Balaban J connectivity index is 1.22. The van der Waals surface area contributed by atoms with Gasteiger partial charge in [-0.3, -0.25) is 0 Å². The van der Waals surface area contributed by atoms with Crippen LogP contribution >= 0.6 is 0 Å². The number of hydrogen-bond acceptors (Lipinski definition) is 0. The molecule has 0 fully saturated rings. The molecule has 4 aliphatic rings. The van der Waals surface area contributed by atoms with Crippen LogP contribution in [0.3, 0.4) is 0 Å². The zero-order chi connectivity index (χ0) is 65.2. The Morgan fingerprint density at radius 2 is 0.380 bits per heavy atom. The fourth-order valence-corrected chi connectivity index (χ4v) is 17.3. The summed E-state index contributed by atoms with van der Waals surface area (Å²) in [6.07, 6.45) is 0. The molecular formula is C86H92B2N4. The van der Waals surface area contributed by atoms with Crippen molar-refractivity contribution in [2.24, 2.45) is 0 Å². The molecule has 8 heterocycles. The molecule has 0 aliphatic carbocycles. The molecule has 462 valence electrons. The molecule has 0 spiro atoms. The fourth-order valence-electron chi connectivity index (χ4n) is 17.3. The summed E-state index contributed by atoms with van der Waals surface area (Å²) in [5.41, 5.74) is 34.3. The summed E-state index contributed by atoms with van der Waals surface area (Å²) in [4.78, 5) is 0. The van der Waals surface area contributed by atoms with Gasteiger partial charge < -0.3 is 18.3 Å². The van der Waals surface area contributed by atoms with Crippen LogP contribution in [0.25, 0.3) is 110 Å². The Labute approximate surface area is 546 Å². The van der Waals surface area contributed by atoms with Gasteiger partial charge in [-0.05, 0) is 193 Å². The monoisotopic (exact) mass is 1200 g/mol. The molecule has 6 heteroatoms. The van der Waals surface area contributed by atoms with Crippen LogP contribution in [0.5, 0.6) is 0 Å². The third-order valence-corrected chi connectivity index (χ3v) is 22.7. The van der Waals surface area contributed by atoms with Gasteiger partial charge in [0.05, 0.1) is 44.8 Å². The average Bonchev–Trinajstić information content (AvgIpc) is 1.35. The van der Waals surface area contributed by atoms with Gasteiger partial charge in [0, 0.05) is 65.2 Å². The summed E-state index contributed by atoms with van der Waals surface area (Å²) in [6.45, 7) is 57.5. The van der Waals surface area contributed by atoms with Gasteiger partial charge in [-0.1, -0.05) is 215 Å². The Hall–Kier alpha value is -7.69. The third-order valence-electron chi connectivity index (χ3n) is 22.7. The number of hydrogen-bond donors (Lipinski definition) is 0.